The lowest BCUT2D eigenvalue weighted by atomic mass is 10.0. The van der Waals surface area contributed by atoms with E-state index in [1.165, 1.54) is 0 Å². The van der Waals surface area contributed by atoms with Crippen molar-refractivity contribution in [3.63, 3.8) is 0 Å². The van der Waals surface area contributed by atoms with Crippen LogP contribution in [0.25, 0.3) is 0 Å². The van der Waals surface area contributed by atoms with Crippen LogP contribution in [0.2, 0.25) is 0 Å². The van der Waals surface area contributed by atoms with E-state index in [1.807, 2.05) is 0 Å². The number of rotatable bonds is 10. The third-order valence-electron chi connectivity index (χ3n) is 2.70. The number of amides is 2. The second-order valence-electron chi connectivity index (χ2n) is 6.68. The molecule has 1 unspecified atom stereocenters. The summed E-state index contributed by atoms with van der Waals surface area (Å²) in [5.74, 6) is -0.702. The van der Waals surface area contributed by atoms with Crippen LogP contribution in [0, 0.1) is 5.41 Å². The number of carboxylic acid groups (broad SMARTS) is 1. The van der Waals surface area contributed by atoms with Gasteiger partial charge in [0.25, 0.3) is 0 Å². The molecule has 0 saturated heterocycles. The van der Waals surface area contributed by atoms with E-state index >= 15 is 0 Å². The van der Waals surface area contributed by atoms with Gasteiger partial charge in [-0.25, -0.2) is 0 Å². The van der Waals surface area contributed by atoms with Gasteiger partial charge in [-0.2, -0.15) is 11.8 Å². The summed E-state index contributed by atoms with van der Waals surface area (Å²) in [5.41, 5.74) is 0.0946. The average Bonchev–Trinajstić information content (AvgIpc) is 2.42. The zero-order valence-corrected chi connectivity index (χ0v) is 15.0. The highest BCUT2D eigenvalue weighted by atomic mass is 32.2. The van der Waals surface area contributed by atoms with Crippen molar-refractivity contribution in [3.05, 3.63) is 0 Å². The zero-order chi connectivity index (χ0) is 18.0. The molecule has 0 heterocycles. The normalized spacial score (nSPS) is 14.0. The molecule has 2 atom stereocenters. The van der Waals surface area contributed by atoms with Gasteiger partial charge in [0.05, 0.1) is 13.0 Å². The minimum absolute atomic E-state index is 0.0946. The number of aliphatic carboxylic acids is 1. The maximum Gasteiger partial charge on any atom is 0.303 e. The Morgan fingerprint density at radius 2 is 1.74 bits per heavy atom. The third-order valence-corrected chi connectivity index (χ3v) is 4.34. The molecule has 0 aromatic carbocycles. The molecule has 134 valence electrons. The van der Waals surface area contributed by atoms with Crippen molar-refractivity contribution in [2.45, 2.75) is 52.6 Å². The summed E-state index contributed by atoms with van der Waals surface area (Å²) in [5, 5.41) is 22.8. The lowest BCUT2D eigenvalue weighted by Crippen LogP contribution is -2.51. The topological polar surface area (TPSA) is 116 Å². The average molecular weight is 348 g/mol. The Morgan fingerprint density at radius 1 is 1.13 bits per heavy atom. The monoisotopic (exact) mass is 348 g/mol. The van der Waals surface area contributed by atoms with Gasteiger partial charge < -0.3 is 20.8 Å². The Labute approximate surface area is 141 Å². The summed E-state index contributed by atoms with van der Waals surface area (Å²) in [7, 11) is 0. The van der Waals surface area contributed by atoms with E-state index in [4.69, 9.17) is 10.2 Å². The minimum atomic E-state index is -1.06. The van der Waals surface area contributed by atoms with Crippen molar-refractivity contribution in [1.29, 1.82) is 0 Å². The Bertz CT molecular complexity index is 409. The molecular weight excluding hydrogens is 320 g/mol. The second kappa shape index (κ2) is 10.5. The molecule has 0 aliphatic carbocycles. The first-order valence-electron chi connectivity index (χ1n) is 7.55. The Morgan fingerprint density at radius 3 is 2.22 bits per heavy atom. The zero-order valence-electron chi connectivity index (χ0n) is 14.2. The Balaban J connectivity index is 4.61. The van der Waals surface area contributed by atoms with E-state index in [-0.39, 0.29) is 30.8 Å². The molecule has 4 N–H and O–H groups in total. The number of aliphatic hydroxyl groups is 1. The van der Waals surface area contributed by atoms with Crippen LogP contribution in [0.3, 0.4) is 0 Å². The number of hydrogen-bond acceptors (Lipinski definition) is 5. The fraction of sp³-hybridized carbons (Fsp3) is 0.800. The van der Waals surface area contributed by atoms with Gasteiger partial charge in [0.1, 0.15) is 6.04 Å². The molecule has 23 heavy (non-hydrogen) atoms. The molecule has 0 radical (unpaired) electrons. The molecule has 8 heteroatoms. The van der Waals surface area contributed by atoms with Crippen LogP contribution in [0.4, 0.5) is 0 Å². The Hall–Kier alpha value is -1.28. The summed E-state index contributed by atoms with van der Waals surface area (Å²) >= 11 is 1.54. The summed E-state index contributed by atoms with van der Waals surface area (Å²) in [6.07, 6.45) is -0.443. The van der Waals surface area contributed by atoms with Gasteiger partial charge in [-0.1, -0.05) is 20.8 Å². The summed E-state index contributed by atoms with van der Waals surface area (Å²) in [6.45, 7) is 7.70. The molecule has 2 amide bonds. The molecule has 7 nitrogen and oxygen atoms in total. The molecule has 0 aromatic heterocycles. The lowest BCUT2D eigenvalue weighted by Gasteiger charge is -2.22. The van der Waals surface area contributed by atoms with Gasteiger partial charge in [0, 0.05) is 18.2 Å². The van der Waals surface area contributed by atoms with Crippen LogP contribution in [0.5, 0.6) is 0 Å². The fourth-order valence-corrected chi connectivity index (χ4v) is 2.74. The van der Waals surface area contributed by atoms with Crippen LogP contribution in [-0.4, -0.2) is 58.2 Å². The van der Waals surface area contributed by atoms with Gasteiger partial charge in [-0.05, 0) is 18.1 Å². The highest BCUT2D eigenvalue weighted by molar-refractivity contribution is 7.99. The SMILES string of the molecule is CC(CO)NC(=O)[C@H](CSCC(C)(C)C)NC(=O)CCC(=O)O. The van der Waals surface area contributed by atoms with Crippen LogP contribution >= 0.6 is 11.8 Å². The first-order valence-corrected chi connectivity index (χ1v) is 8.70. The van der Waals surface area contributed by atoms with Crippen LogP contribution in [-0.2, 0) is 14.4 Å². The lowest BCUT2D eigenvalue weighted by molar-refractivity contribution is -0.139. The molecule has 0 spiro atoms. The van der Waals surface area contributed by atoms with E-state index in [9.17, 15) is 14.4 Å². The molecule has 0 rings (SSSR count). The number of carbonyl (C=O) groups is 3. The molecule has 0 aliphatic rings. The molecule has 0 aromatic rings. The maximum absolute atomic E-state index is 12.2. The maximum atomic E-state index is 12.2. The summed E-state index contributed by atoms with van der Waals surface area (Å²) in [4.78, 5) is 34.4. The molecule has 0 saturated carbocycles. The Kier molecular flexibility index (Phi) is 9.90. The minimum Gasteiger partial charge on any atom is -0.481 e. The largest absolute Gasteiger partial charge is 0.481 e. The molecule has 0 bridgehead atoms. The summed E-state index contributed by atoms with van der Waals surface area (Å²) in [6, 6.07) is -1.16. The molecule has 0 fully saturated rings. The first-order chi connectivity index (χ1) is 10.5. The fourth-order valence-electron chi connectivity index (χ4n) is 1.54. The van der Waals surface area contributed by atoms with Crippen molar-refractivity contribution in [2.75, 3.05) is 18.1 Å². The number of thioether (sulfide) groups is 1. The summed E-state index contributed by atoms with van der Waals surface area (Å²) < 4.78 is 0. The predicted octanol–water partition coefficient (Wildman–Crippen LogP) is 0.612. The van der Waals surface area contributed by atoms with E-state index in [0.29, 0.717) is 5.75 Å². The van der Waals surface area contributed by atoms with Gasteiger partial charge in [-0.3, -0.25) is 14.4 Å². The van der Waals surface area contributed by atoms with Gasteiger partial charge in [0.15, 0.2) is 0 Å². The third kappa shape index (κ3) is 11.9. The van der Waals surface area contributed by atoms with Gasteiger partial charge >= 0.3 is 5.97 Å². The van der Waals surface area contributed by atoms with Crippen LogP contribution < -0.4 is 10.6 Å². The number of hydrogen-bond donors (Lipinski definition) is 4. The van der Waals surface area contributed by atoms with Crippen LogP contribution in [0.15, 0.2) is 0 Å². The van der Waals surface area contributed by atoms with Gasteiger partial charge in [0.2, 0.25) is 11.8 Å². The molecular formula is C15H28N2O5S. The predicted molar refractivity (Wildman–Crippen MR) is 90.3 cm³/mol. The first kappa shape index (κ1) is 21.7. The van der Waals surface area contributed by atoms with E-state index in [0.717, 1.165) is 5.75 Å². The standard InChI is InChI=1S/C15H28N2O5S/c1-10(7-18)16-14(22)11(8-23-9-15(2,3)4)17-12(19)5-6-13(20)21/h10-11,18H,5-9H2,1-4H3,(H,16,22)(H,17,19)(H,20,21)/t10?,11-/m0/s1. The van der Waals surface area contributed by atoms with Crippen molar-refractivity contribution >= 4 is 29.5 Å². The van der Waals surface area contributed by atoms with E-state index in [2.05, 4.69) is 31.4 Å². The number of carbonyl (C=O) groups excluding carboxylic acids is 2. The van der Waals surface area contributed by atoms with E-state index in [1.54, 1.807) is 18.7 Å². The smallest absolute Gasteiger partial charge is 0.303 e. The van der Waals surface area contributed by atoms with Crippen LogP contribution in [0.1, 0.15) is 40.5 Å². The molecule has 0 aliphatic heterocycles. The van der Waals surface area contributed by atoms with Crippen molar-refractivity contribution in [2.24, 2.45) is 5.41 Å². The second-order valence-corrected chi connectivity index (χ2v) is 7.71. The number of nitrogens with one attached hydrogen (secondary N) is 2. The highest BCUT2D eigenvalue weighted by Gasteiger charge is 2.23. The van der Waals surface area contributed by atoms with Gasteiger partial charge in [-0.15, -0.1) is 0 Å². The number of aliphatic hydroxyl groups excluding tert-OH is 1. The van der Waals surface area contributed by atoms with Crippen molar-refractivity contribution in [1.82, 2.24) is 10.6 Å². The van der Waals surface area contributed by atoms with E-state index < -0.39 is 24.0 Å². The van der Waals surface area contributed by atoms with Crippen molar-refractivity contribution < 1.29 is 24.6 Å². The quantitative estimate of drug-likeness (QED) is 0.460. The van der Waals surface area contributed by atoms with Crippen molar-refractivity contribution in [3.8, 4) is 0 Å². The number of carboxylic acids is 1. The highest BCUT2D eigenvalue weighted by Crippen LogP contribution is 2.20.